The van der Waals surface area contributed by atoms with Crippen LogP contribution in [-0.4, -0.2) is 22.9 Å². The fourth-order valence-electron chi connectivity index (χ4n) is 2.80. The molecule has 1 aliphatic heterocycles. The molecule has 1 aromatic heterocycles. The number of aromatic amines is 1. The molecule has 25 heavy (non-hydrogen) atoms. The molecule has 4 rings (SSSR count). The van der Waals surface area contributed by atoms with Gasteiger partial charge in [0.15, 0.2) is 11.5 Å². The van der Waals surface area contributed by atoms with Crippen molar-refractivity contribution in [2.24, 2.45) is 0 Å². The summed E-state index contributed by atoms with van der Waals surface area (Å²) in [6.07, 6.45) is 0.312. The van der Waals surface area contributed by atoms with Gasteiger partial charge in [-0.3, -0.25) is 9.89 Å². The first-order chi connectivity index (χ1) is 12.2. The van der Waals surface area contributed by atoms with Crippen molar-refractivity contribution in [3.63, 3.8) is 0 Å². The standard InChI is InChI=1S/C19H17N3O3/c1-12-18(20-17(23)9-13-5-3-2-4-6-13)19(22-21-12)14-7-8-15-16(10-14)25-11-24-15/h2-8,10H,9,11H2,1H3,(H,20,23)(H,21,22). The highest BCUT2D eigenvalue weighted by Gasteiger charge is 2.19. The maximum Gasteiger partial charge on any atom is 0.231 e. The van der Waals surface area contributed by atoms with Crippen molar-refractivity contribution in [2.75, 3.05) is 12.1 Å². The number of aromatic nitrogens is 2. The Hall–Kier alpha value is -3.28. The molecule has 2 heterocycles. The highest BCUT2D eigenvalue weighted by Crippen LogP contribution is 2.37. The molecule has 2 aromatic carbocycles. The lowest BCUT2D eigenvalue weighted by atomic mass is 10.1. The van der Waals surface area contributed by atoms with Crippen molar-refractivity contribution >= 4 is 11.6 Å². The molecule has 0 bridgehead atoms. The van der Waals surface area contributed by atoms with E-state index in [4.69, 9.17) is 9.47 Å². The topological polar surface area (TPSA) is 76.2 Å². The van der Waals surface area contributed by atoms with E-state index in [9.17, 15) is 4.79 Å². The predicted molar refractivity (Wildman–Crippen MR) is 93.7 cm³/mol. The van der Waals surface area contributed by atoms with Gasteiger partial charge in [0.2, 0.25) is 12.7 Å². The number of carbonyl (C=O) groups excluding carboxylic acids is 1. The summed E-state index contributed by atoms with van der Waals surface area (Å²) in [4.78, 5) is 12.4. The van der Waals surface area contributed by atoms with Crippen molar-refractivity contribution in [3.05, 3.63) is 59.8 Å². The van der Waals surface area contributed by atoms with Gasteiger partial charge in [-0.1, -0.05) is 30.3 Å². The van der Waals surface area contributed by atoms with Crippen molar-refractivity contribution in [2.45, 2.75) is 13.3 Å². The van der Waals surface area contributed by atoms with Crippen LogP contribution in [0.2, 0.25) is 0 Å². The molecule has 3 aromatic rings. The van der Waals surface area contributed by atoms with Crippen molar-refractivity contribution in [1.82, 2.24) is 10.2 Å². The first kappa shape index (κ1) is 15.3. The average Bonchev–Trinajstić information content (AvgIpc) is 3.22. The number of benzene rings is 2. The van der Waals surface area contributed by atoms with Crippen molar-refractivity contribution in [1.29, 1.82) is 0 Å². The SMILES string of the molecule is Cc1[nH]nc(-c2ccc3c(c2)OCO3)c1NC(=O)Cc1ccccc1. The lowest BCUT2D eigenvalue weighted by molar-refractivity contribution is -0.115. The zero-order valence-corrected chi connectivity index (χ0v) is 13.7. The van der Waals surface area contributed by atoms with Crippen LogP contribution < -0.4 is 14.8 Å². The smallest absolute Gasteiger partial charge is 0.231 e. The Kier molecular flexibility index (Phi) is 3.85. The number of H-pyrrole nitrogens is 1. The molecule has 1 aliphatic rings. The Morgan fingerprint density at radius 2 is 1.96 bits per heavy atom. The highest BCUT2D eigenvalue weighted by molar-refractivity contribution is 5.96. The van der Waals surface area contributed by atoms with E-state index in [2.05, 4.69) is 15.5 Å². The minimum absolute atomic E-state index is 0.0855. The lowest BCUT2D eigenvalue weighted by Crippen LogP contribution is -2.15. The number of hydrogen-bond donors (Lipinski definition) is 2. The number of nitrogens with zero attached hydrogens (tertiary/aromatic N) is 1. The van der Waals surface area contributed by atoms with Crippen LogP contribution in [0.5, 0.6) is 11.5 Å². The van der Waals surface area contributed by atoms with Gasteiger partial charge in [-0.05, 0) is 30.7 Å². The molecular formula is C19H17N3O3. The van der Waals surface area contributed by atoms with E-state index in [1.165, 1.54) is 0 Å². The molecule has 0 unspecified atom stereocenters. The van der Waals surface area contributed by atoms with E-state index in [1.54, 1.807) is 0 Å². The van der Waals surface area contributed by atoms with Gasteiger partial charge in [-0.2, -0.15) is 5.10 Å². The zero-order chi connectivity index (χ0) is 17.2. The first-order valence-electron chi connectivity index (χ1n) is 7.99. The molecule has 0 atom stereocenters. The van der Waals surface area contributed by atoms with E-state index >= 15 is 0 Å². The minimum atomic E-state index is -0.0855. The molecule has 0 aliphatic carbocycles. The molecule has 6 heteroatoms. The maximum atomic E-state index is 12.4. The van der Waals surface area contributed by atoms with E-state index < -0.39 is 0 Å². The number of ether oxygens (including phenoxy) is 2. The second kappa shape index (κ2) is 6.32. The molecule has 0 saturated heterocycles. The van der Waals surface area contributed by atoms with E-state index in [1.807, 2.05) is 55.5 Å². The maximum absolute atomic E-state index is 12.4. The summed E-state index contributed by atoms with van der Waals surface area (Å²) in [5.41, 5.74) is 3.97. The van der Waals surface area contributed by atoms with Gasteiger partial charge in [0.25, 0.3) is 0 Å². The summed E-state index contributed by atoms with van der Waals surface area (Å²) >= 11 is 0. The zero-order valence-electron chi connectivity index (χ0n) is 13.7. The monoisotopic (exact) mass is 335 g/mol. The number of anilines is 1. The number of aryl methyl sites for hydroxylation is 1. The Bertz CT molecular complexity index is 919. The Morgan fingerprint density at radius 1 is 1.16 bits per heavy atom. The third kappa shape index (κ3) is 3.06. The molecule has 1 amide bonds. The highest BCUT2D eigenvalue weighted by atomic mass is 16.7. The number of fused-ring (bicyclic) bond motifs is 1. The van der Waals surface area contributed by atoms with Crippen LogP contribution in [0.3, 0.4) is 0 Å². The lowest BCUT2D eigenvalue weighted by Gasteiger charge is -2.08. The van der Waals surface area contributed by atoms with Crippen LogP contribution in [0.25, 0.3) is 11.3 Å². The molecule has 0 radical (unpaired) electrons. The molecule has 0 fully saturated rings. The van der Waals surface area contributed by atoms with E-state index in [-0.39, 0.29) is 12.7 Å². The van der Waals surface area contributed by atoms with Crippen LogP contribution in [-0.2, 0) is 11.2 Å². The Morgan fingerprint density at radius 3 is 2.80 bits per heavy atom. The van der Waals surface area contributed by atoms with E-state index in [0.29, 0.717) is 29.3 Å². The summed E-state index contributed by atoms with van der Waals surface area (Å²) in [7, 11) is 0. The Labute approximate surface area is 144 Å². The third-order valence-electron chi connectivity index (χ3n) is 4.07. The molecule has 0 saturated carbocycles. The van der Waals surface area contributed by atoms with Gasteiger partial charge in [0.1, 0.15) is 5.69 Å². The predicted octanol–water partition coefficient (Wildman–Crippen LogP) is 3.30. The quantitative estimate of drug-likeness (QED) is 0.767. The van der Waals surface area contributed by atoms with Crippen molar-refractivity contribution < 1.29 is 14.3 Å². The Balaban J connectivity index is 1.58. The van der Waals surface area contributed by atoms with Gasteiger partial charge in [0.05, 0.1) is 17.8 Å². The van der Waals surface area contributed by atoms with Gasteiger partial charge in [-0.25, -0.2) is 0 Å². The molecule has 2 N–H and O–H groups in total. The first-order valence-corrected chi connectivity index (χ1v) is 7.99. The number of carbonyl (C=O) groups is 1. The normalized spacial score (nSPS) is 12.2. The fourth-order valence-corrected chi connectivity index (χ4v) is 2.80. The van der Waals surface area contributed by atoms with Crippen LogP contribution in [0.4, 0.5) is 5.69 Å². The van der Waals surface area contributed by atoms with Gasteiger partial charge < -0.3 is 14.8 Å². The number of nitrogens with one attached hydrogen (secondary N) is 2. The molecule has 126 valence electrons. The molecule has 6 nitrogen and oxygen atoms in total. The summed E-state index contributed by atoms with van der Waals surface area (Å²) in [6, 6.07) is 15.2. The minimum Gasteiger partial charge on any atom is -0.454 e. The van der Waals surface area contributed by atoms with Gasteiger partial charge in [0, 0.05) is 5.56 Å². The second-order valence-electron chi connectivity index (χ2n) is 5.85. The summed E-state index contributed by atoms with van der Waals surface area (Å²) in [6.45, 7) is 2.10. The summed E-state index contributed by atoms with van der Waals surface area (Å²) in [5.74, 6) is 1.31. The number of rotatable bonds is 4. The number of hydrogen-bond acceptors (Lipinski definition) is 4. The fraction of sp³-hybridized carbons (Fsp3) is 0.158. The molecular weight excluding hydrogens is 318 g/mol. The third-order valence-corrected chi connectivity index (χ3v) is 4.07. The summed E-state index contributed by atoms with van der Waals surface area (Å²) < 4.78 is 10.8. The second-order valence-corrected chi connectivity index (χ2v) is 5.85. The summed E-state index contributed by atoms with van der Waals surface area (Å²) in [5, 5.41) is 10.2. The van der Waals surface area contributed by atoms with E-state index in [0.717, 1.165) is 16.8 Å². The van der Waals surface area contributed by atoms with Gasteiger partial charge in [-0.15, -0.1) is 0 Å². The van der Waals surface area contributed by atoms with Crippen LogP contribution in [0.15, 0.2) is 48.5 Å². The van der Waals surface area contributed by atoms with Crippen LogP contribution in [0.1, 0.15) is 11.3 Å². The molecule has 0 spiro atoms. The average molecular weight is 335 g/mol. The van der Waals surface area contributed by atoms with Crippen LogP contribution >= 0.6 is 0 Å². The number of amides is 1. The van der Waals surface area contributed by atoms with Gasteiger partial charge >= 0.3 is 0 Å². The van der Waals surface area contributed by atoms with Crippen molar-refractivity contribution in [3.8, 4) is 22.8 Å². The van der Waals surface area contributed by atoms with Crippen LogP contribution in [0, 0.1) is 6.92 Å². The largest absolute Gasteiger partial charge is 0.454 e.